The summed E-state index contributed by atoms with van der Waals surface area (Å²) in [5.74, 6) is 0.741. The Bertz CT molecular complexity index is 569. The predicted octanol–water partition coefficient (Wildman–Crippen LogP) is 3.90. The molecule has 100 valence electrons. The Hall–Kier alpha value is -1.28. The summed E-state index contributed by atoms with van der Waals surface area (Å²) in [6.45, 7) is 2.65. The third kappa shape index (κ3) is 1.90. The van der Waals surface area contributed by atoms with E-state index >= 15 is 0 Å². The van der Waals surface area contributed by atoms with Crippen LogP contribution in [0.15, 0.2) is 30.5 Å². The fraction of sp³-hybridized carbons (Fsp3) is 0.529. The summed E-state index contributed by atoms with van der Waals surface area (Å²) in [4.78, 5) is 6.21. The van der Waals surface area contributed by atoms with Crippen molar-refractivity contribution in [3.05, 3.63) is 36.0 Å². The molecule has 0 saturated carbocycles. The third-order valence-electron chi connectivity index (χ3n) is 5.11. The molecule has 2 heteroatoms. The van der Waals surface area contributed by atoms with E-state index in [2.05, 4.69) is 40.3 Å². The highest BCUT2D eigenvalue weighted by atomic mass is 15.2. The lowest BCUT2D eigenvalue weighted by Crippen LogP contribution is -2.46. The van der Waals surface area contributed by atoms with Crippen LogP contribution in [0.3, 0.4) is 0 Å². The number of para-hydroxylation sites is 1. The van der Waals surface area contributed by atoms with Crippen LogP contribution in [0, 0.1) is 0 Å². The SMILES string of the molecule is c1ccc2c(C3CCCN4CCCCC34)c[nH]c2c1. The van der Waals surface area contributed by atoms with Gasteiger partial charge in [-0.2, -0.15) is 0 Å². The van der Waals surface area contributed by atoms with Gasteiger partial charge in [0.25, 0.3) is 0 Å². The van der Waals surface area contributed by atoms with Gasteiger partial charge in [0.05, 0.1) is 0 Å². The second-order valence-electron chi connectivity index (χ2n) is 6.14. The van der Waals surface area contributed by atoms with Crippen LogP contribution >= 0.6 is 0 Å². The second kappa shape index (κ2) is 4.68. The highest BCUT2D eigenvalue weighted by Crippen LogP contribution is 2.39. The Morgan fingerprint density at radius 3 is 2.89 bits per heavy atom. The van der Waals surface area contributed by atoms with E-state index in [0.29, 0.717) is 0 Å². The maximum absolute atomic E-state index is 3.46. The summed E-state index contributed by atoms with van der Waals surface area (Å²) in [7, 11) is 0. The van der Waals surface area contributed by atoms with Crippen molar-refractivity contribution in [3.63, 3.8) is 0 Å². The lowest BCUT2D eigenvalue weighted by Gasteiger charge is -2.44. The van der Waals surface area contributed by atoms with Gasteiger partial charge in [0.1, 0.15) is 0 Å². The Morgan fingerprint density at radius 1 is 1.00 bits per heavy atom. The minimum atomic E-state index is 0.741. The van der Waals surface area contributed by atoms with E-state index in [4.69, 9.17) is 0 Å². The van der Waals surface area contributed by atoms with Gasteiger partial charge < -0.3 is 4.98 Å². The molecule has 19 heavy (non-hydrogen) atoms. The Labute approximate surface area is 114 Å². The van der Waals surface area contributed by atoms with Crippen LogP contribution in [0.25, 0.3) is 10.9 Å². The first kappa shape index (κ1) is 11.5. The zero-order valence-corrected chi connectivity index (χ0v) is 11.4. The van der Waals surface area contributed by atoms with Crippen molar-refractivity contribution in [2.45, 2.75) is 44.1 Å². The Kier molecular flexibility index (Phi) is 2.84. The van der Waals surface area contributed by atoms with Crippen molar-refractivity contribution in [3.8, 4) is 0 Å². The number of nitrogens with one attached hydrogen (secondary N) is 1. The number of benzene rings is 1. The molecule has 0 aliphatic carbocycles. The smallest absolute Gasteiger partial charge is 0.0456 e. The highest BCUT2D eigenvalue weighted by Gasteiger charge is 2.34. The van der Waals surface area contributed by atoms with Gasteiger partial charge in [-0.15, -0.1) is 0 Å². The van der Waals surface area contributed by atoms with Gasteiger partial charge in [-0.1, -0.05) is 24.6 Å². The van der Waals surface area contributed by atoms with Crippen LogP contribution in [0.1, 0.15) is 43.6 Å². The highest BCUT2D eigenvalue weighted by molar-refractivity contribution is 5.83. The molecule has 0 amide bonds. The van der Waals surface area contributed by atoms with Gasteiger partial charge in [-0.25, -0.2) is 0 Å². The molecule has 2 fully saturated rings. The van der Waals surface area contributed by atoms with E-state index in [1.807, 2.05) is 0 Å². The summed E-state index contributed by atoms with van der Waals surface area (Å²) in [6.07, 6.45) is 9.21. The van der Waals surface area contributed by atoms with Crippen molar-refractivity contribution in [2.75, 3.05) is 13.1 Å². The minimum absolute atomic E-state index is 0.741. The summed E-state index contributed by atoms with van der Waals surface area (Å²) in [5.41, 5.74) is 2.86. The number of aromatic nitrogens is 1. The lowest BCUT2D eigenvalue weighted by atomic mass is 9.79. The largest absolute Gasteiger partial charge is 0.361 e. The van der Waals surface area contributed by atoms with Gasteiger partial charge in [0.15, 0.2) is 0 Å². The molecule has 3 heterocycles. The van der Waals surface area contributed by atoms with Crippen molar-refractivity contribution in [1.82, 2.24) is 9.88 Å². The average Bonchev–Trinajstić information content (AvgIpc) is 2.90. The number of aromatic amines is 1. The zero-order valence-electron chi connectivity index (χ0n) is 11.4. The van der Waals surface area contributed by atoms with E-state index in [0.717, 1.165) is 12.0 Å². The fourth-order valence-electron chi connectivity index (χ4n) is 4.22. The van der Waals surface area contributed by atoms with Gasteiger partial charge in [0, 0.05) is 29.1 Å². The van der Waals surface area contributed by atoms with Crippen LogP contribution in [0.4, 0.5) is 0 Å². The van der Waals surface area contributed by atoms with Gasteiger partial charge in [-0.3, -0.25) is 4.90 Å². The third-order valence-corrected chi connectivity index (χ3v) is 5.11. The standard InChI is InChI=1S/C17H22N2/c1-2-8-16-13(6-1)15(12-18-16)14-7-5-11-19-10-4-3-9-17(14)19/h1-2,6,8,12,14,17-18H,3-5,7,9-11H2. The number of hydrogen-bond acceptors (Lipinski definition) is 1. The van der Waals surface area contributed by atoms with Crippen LogP contribution in [0.5, 0.6) is 0 Å². The normalized spacial score (nSPS) is 28.4. The van der Waals surface area contributed by atoms with Crippen LogP contribution in [0.2, 0.25) is 0 Å². The summed E-state index contributed by atoms with van der Waals surface area (Å²) in [5, 5.41) is 1.44. The van der Waals surface area contributed by atoms with Crippen LogP contribution in [-0.4, -0.2) is 29.0 Å². The van der Waals surface area contributed by atoms with Gasteiger partial charge in [0.2, 0.25) is 0 Å². The maximum atomic E-state index is 3.46. The number of fused-ring (bicyclic) bond motifs is 2. The summed E-state index contributed by atoms with van der Waals surface area (Å²) >= 11 is 0. The van der Waals surface area contributed by atoms with Gasteiger partial charge in [-0.05, 0) is 50.4 Å². The molecule has 2 aliphatic rings. The van der Waals surface area contributed by atoms with Crippen molar-refractivity contribution < 1.29 is 0 Å². The summed E-state index contributed by atoms with van der Waals surface area (Å²) < 4.78 is 0. The zero-order chi connectivity index (χ0) is 12.7. The molecule has 0 spiro atoms. The molecule has 0 radical (unpaired) electrons. The molecule has 2 saturated heterocycles. The molecule has 4 rings (SSSR count). The number of H-pyrrole nitrogens is 1. The molecule has 2 nitrogen and oxygen atoms in total. The van der Waals surface area contributed by atoms with E-state index in [1.165, 1.54) is 56.1 Å². The molecule has 1 aromatic heterocycles. The minimum Gasteiger partial charge on any atom is -0.361 e. The van der Waals surface area contributed by atoms with Crippen LogP contribution < -0.4 is 0 Å². The predicted molar refractivity (Wildman–Crippen MR) is 79.5 cm³/mol. The summed E-state index contributed by atoms with van der Waals surface area (Å²) in [6, 6.07) is 9.56. The topological polar surface area (TPSA) is 19.0 Å². The van der Waals surface area contributed by atoms with Crippen LogP contribution in [-0.2, 0) is 0 Å². The number of rotatable bonds is 1. The van der Waals surface area contributed by atoms with E-state index in [1.54, 1.807) is 5.56 Å². The quantitative estimate of drug-likeness (QED) is 0.817. The molecule has 0 bridgehead atoms. The number of nitrogens with zero attached hydrogens (tertiary/aromatic N) is 1. The molecule has 1 N–H and O–H groups in total. The molecule has 2 aromatic rings. The lowest BCUT2D eigenvalue weighted by molar-refractivity contribution is 0.0898. The van der Waals surface area contributed by atoms with E-state index in [9.17, 15) is 0 Å². The number of hydrogen-bond donors (Lipinski definition) is 1. The first-order valence-corrected chi connectivity index (χ1v) is 7.73. The Morgan fingerprint density at radius 2 is 1.89 bits per heavy atom. The molecule has 1 aromatic carbocycles. The number of piperidine rings is 2. The van der Waals surface area contributed by atoms with E-state index < -0.39 is 0 Å². The molecule has 2 aliphatic heterocycles. The molecular formula is C17H22N2. The molecule has 2 unspecified atom stereocenters. The van der Waals surface area contributed by atoms with Gasteiger partial charge >= 0.3 is 0 Å². The first-order chi connectivity index (χ1) is 9.43. The molecule has 2 atom stereocenters. The Balaban J connectivity index is 1.73. The second-order valence-corrected chi connectivity index (χ2v) is 6.14. The van der Waals surface area contributed by atoms with E-state index in [-0.39, 0.29) is 0 Å². The maximum Gasteiger partial charge on any atom is 0.0456 e. The monoisotopic (exact) mass is 254 g/mol. The van der Waals surface area contributed by atoms with Crippen molar-refractivity contribution in [1.29, 1.82) is 0 Å². The average molecular weight is 254 g/mol. The molecular weight excluding hydrogens is 232 g/mol. The fourth-order valence-corrected chi connectivity index (χ4v) is 4.22. The first-order valence-electron chi connectivity index (χ1n) is 7.73. The van der Waals surface area contributed by atoms with Crippen molar-refractivity contribution >= 4 is 10.9 Å². The van der Waals surface area contributed by atoms with Crippen molar-refractivity contribution in [2.24, 2.45) is 0 Å².